The summed E-state index contributed by atoms with van der Waals surface area (Å²) in [5.74, 6) is 0.465. The van der Waals surface area contributed by atoms with E-state index in [0.29, 0.717) is 22.0 Å². The summed E-state index contributed by atoms with van der Waals surface area (Å²) in [5, 5.41) is 5.59. The van der Waals surface area contributed by atoms with Crippen LogP contribution in [0.3, 0.4) is 0 Å². The largest absolute Gasteiger partial charge is 0.322 e. The highest BCUT2D eigenvalue weighted by Gasteiger charge is 2.19. The molecule has 7 heteroatoms. The number of carbonyl (C=O) groups is 1. The Morgan fingerprint density at radius 3 is 2.64 bits per heavy atom. The standard InChI is InChI=1S/C26H22ClN3O2S/c27-24-12-9-20(17-23(24)25-22-6-2-1-5-18(22)13-14-28-25)29-26(31)19-7-10-21(11-8-19)30-15-3-4-16-33(30)32/h1-2,5-14,17H,3-4,15-16H2,(H,29,31). The summed E-state index contributed by atoms with van der Waals surface area (Å²) in [6.45, 7) is 0.772. The van der Waals surface area contributed by atoms with Gasteiger partial charge in [-0.05, 0) is 66.8 Å². The highest BCUT2D eigenvalue weighted by Crippen LogP contribution is 2.34. The lowest BCUT2D eigenvalue weighted by Crippen LogP contribution is -2.32. The number of hydrogen-bond donors (Lipinski definition) is 1. The van der Waals surface area contributed by atoms with E-state index in [-0.39, 0.29) is 5.91 Å². The number of pyridine rings is 1. The van der Waals surface area contributed by atoms with Crippen LogP contribution in [0.25, 0.3) is 22.0 Å². The van der Waals surface area contributed by atoms with E-state index < -0.39 is 11.0 Å². The predicted octanol–water partition coefficient (Wildman–Crippen LogP) is 6.07. The molecule has 0 bridgehead atoms. The molecule has 33 heavy (non-hydrogen) atoms. The number of benzene rings is 3. The zero-order chi connectivity index (χ0) is 22.8. The molecular formula is C26H22ClN3O2S. The minimum absolute atomic E-state index is 0.222. The van der Waals surface area contributed by atoms with Crippen molar-refractivity contribution in [2.75, 3.05) is 21.9 Å². The highest BCUT2D eigenvalue weighted by molar-refractivity contribution is 7.86. The van der Waals surface area contributed by atoms with Crippen LogP contribution in [0.5, 0.6) is 0 Å². The molecule has 0 saturated carbocycles. The zero-order valence-corrected chi connectivity index (χ0v) is 19.4. The van der Waals surface area contributed by atoms with E-state index in [1.54, 1.807) is 30.5 Å². The van der Waals surface area contributed by atoms with Crippen LogP contribution >= 0.6 is 11.6 Å². The van der Waals surface area contributed by atoms with Gasteiger partial charge in [-0.3, -0.25) is 14.1 Å². The summed E-state index contributed by atoms with van der Waals surface area (Å²) in [7, 11) is -0.997. The van der Waals surface area contributed by atoms with E-state index in [0.717, 1.165) is 47.1 Å². The van der Waals surface area contributed by atoms with Gasteiger partial charge in [0.2, 0.25) is 0 Å². The lowest BCUT2D eigenvalue weighted by Gasteiger charge is -2.27. The molecule has 1 atom stereocenters. The molecule has 4 aromatic rings. The third-order valence-electron chi connectivity index (χ3n) is 5.75. The number of anilines is 2. The van der Waals surface area contributed by atoms with Crippen LogP contribution in [0.1, 0.15) is 23.2 Å². The first kappa shape index (κ1) is 21.6. The van der Waals surface area contributed by atoms with Crippen LogP contribution in [0, 0.1) is 0 Å². The normalized spacial score (nSPS) is 16.0. The lowest BCUT2D eigenvalue weighted by molar-refractivity contribution is 0.102. The maximum atomic E-state index is 12.9. The number of hydrogen-bond acceptors (Lipinski definition) is 3. The zero-order valence-electron chi connectivity index (χ0n) is 17.8. The number of fused-ring (bicyclic) bond motifs is 1. The topological polar surface area (TPSA) is 62.3 Å². The lowest BCUT2D eigenvalue weighted by atomic mass is 10.0. The van der Waals surface area contributed by atoms with E-state index in [2.05, 4.69) is 10.3 Å². The van der Waals surface area contributed by atoms with Crippen LogP contribution in [-0.2, 0) is 11.0 Å². The molecule has 1 aromatic heterocycles. The Bertz CT molecular complexity index is 1350. The van der Waals surface area contributed by atoms with Crippen molar-refractivity contribution in [3.05, 3.63) is 89.6 Å². The van der Waals surface area contributed by atoms with Gasteiger partial charge in [-0.25, -0.2) is 4.21 Å². The molecule has 1 aliphatic heterocycles. The number of rotatable bonds is 4. The second kappa shape index (κ2) is 9.33. The predicted molar refractivity (Wildman–Crippen MR) is 136 cm³/mol. The molecule has 0 spiro atoms. The summed E-state index contributed by atoms with van der Waals surface area (Å²) in [6.07, 6.45) is 3.77. The van der Waals surface area contributed by atoms with Gasteiger partial charge in [-0.15, -0.1) is 0 Å². The smallest absolute Gasteiger partial charge is 0.255 e. The van der Waals surface area contributed by atoms with Crippen LogP contribution < -0.4 is 9.62 Å². The quantitative estimate of drug-likeness (QED) is 0.389. The van der Waals surface area contributed by atoms with Gasteiger partial charge in [0.15, 0.2) is 0 Å². The maximum Gasteiger partial charge on any atom is 0.255 e. The monoisotopic (exact) mass is 475 g/mol. The van der Waals surface area contributed by atoms with E-state index in [1.807, 2.05) is 52.8 Å². The Balaban J connectivity index is 1.39. The van der Waals surface area contributed by atoms with Crippen molar-refractivity contribution < 1.29 is 9.00 Å². The Labute approximate surface area is 200 Å². The Hall–Kier alpha value is -3.22. The first-order chi connectivity index (χ1) is 16.1. The minimum Gasteiger partial charge on any atom is -0.322 e. The molecule has 1 amide bonds. The summed E-state index contributed by atoms with van der Waals surface area (Å²) >= 11 is 6.51. The van der Waals surface area contributed by atoms with Gasteiger partial charge in [0.25, 0.3) is 5.91 Å². The van der Waals surface area contributed by atoms with Crippen molar-refractivity contribution in [2.24, 2.45) is 0 Å². The van der Waals surface area contributed by atoms with E-state index in [4.69, 9.17) is 11.6 Å². The second-order valence-electron chi connectivity index (χ2n) is 7.91. The summed E-state index contributed by atoms with van der Waals surface area (Å²) in [4.78, 5) is 17.4. The SMILES string of the molecule is O=C(Nc1ccc(Cl)c(-c2nccc3ccccc23)c1)c1ccc(N2CCCCS2=O)cc1. The summed E-state index contributed by atoms with van der Waals surface area (Å²) in [6, 6.07) is 22.6. The summed E-state index contributed by atoms with van der Waals surface area (Å²) in [5.41, 5.74) is 3.57. The molecule has 1 N–H and O–H groups in total. The van der Waals surface area contributed by atoms with Crippen LogP contribution in [0.4, 0.5) is 11.4 Å². The number of halogens is 1. The minimum atomic E-state index is -0.997. The number of carbonyl (C=O) groups excluding carboxylic acids is 1. The van der Waals surface area contributed by atoms with Crippen molar-refractivity contribution in [3.8, 4) is 11.3 Å². The first-order valence-electron chi connectivity index (χ1n) is 10.8. The number of nitrogens with one attached hydrogen (secondary N) is 1. The van der Waals surface area contributed by atoms with Crippen molar-refractivity contribution >= 4 is 50.6 Å². The molecule has 0 aliphatic carbocycles. The van der Waals surface area contributed by atoms with E-state index in [1.165, 1.54) is 0 Å². The van der Waals surface area contributed by atoms with Gasteiger partial charge in [-0.1, -0.05) is 35.9 Å². The third kappa shape index (κ3) is 4.49. The number of aromatic nitrogens is 1. The van der Waals surface area contributed by atoms with Crippen molar-refractivity contribution in [3.63, 3.8) is 0 Å². The Morgan fingerprint density at radius 1 is 1.00 bits per heavy atom. The van der Waals surface area contributed by atoms with E-state index in [9.17, 15) is 9.00 Å². The van der Waals surface area contributed by atoms with Gasteiger partial charge >= 0.3 is 0 Å². The van der Waals surface area contributed by atoms with E-state index >= 15 is 0 Å². The molecule has 1 unspecified atom stereocenters. The molecule has 1 fully saturated rings. The van der Waals surface area contributed by atoms with Crippen LogP contribution in [0.2, 0.25) is 5.02 Å². The fourth-order valence-electron chi connectivity index (χ4n) is 4.04. The molecule has 0 radical (unpaired) electrons. The average molecular weight is 476 g/mol. The van der Waals surface area contributed by atoms with Crippen molar-refractivity contribution in [1.82, 2.24) is 4.98 Å². The van der Waals surface area contributed by atoms with Gasteiger partial charge in [-0.2, -0.15) is 0 Å². The van der Waals surface area contributed by atoms with Crippen molar-refractivity contribution in [1.29, 1.82) is 0 Å². The molecule has 166 valence electrons. The van der Waals surface area contributed by atoms with Gasteiger partial charge in [0, 0.05) is 46.4 Å². The molecule has 2 heterocycles. The second-order valence-corrected chi connectivity index (χ2v) is 9.81. The Morgan fingerprint density at radius 2 is 1.82 bits per heavy atom. The van der Waals surface area contributed by atoms with Gasteiger partial charge < -0.3 is 5.32 Å². The fraction of sp³-hybridized carbons (Fsp3) is 0.154. The average Bonchev–Trinajstić information content (AvgIpc) is 2.85. The fourth-order valence-corrected chi connectivity index (χ4v) is 5.61. The van der Waals surface area contributed by atoms with Gasteiger partial charge in [0.1, 0.15) is 11.0 Å². The molecular weight excluding hydrogens is 454 g/mol. The van der Waals surface area contributed by atoms with Crippen LogP contribution in [-0.4, -0.2) is 27.4 Å². The van der Waals surface area contributed by atoms with Crippen molar-refractivity contribution in [2.45, 2.75) is 12.8 Å². The highest BCUT2D eigenvalue weighted by atomic mass is 35.5. The third-order valence-corrected chi connectivity index (χ3v) is 7.60. The molecule has 1 saturated heterocycles. The molecule has 3 aromatic carbocycles. The maximum absolute atomic E-state index is 12.9. The Kier molecular flexibility index (Phi) is 6.11. The first-order valence-corrected chi connectivity index (χ1v) is 12.5. The molecule has 1 aliphatic rings. The number of nitrogens with zero attached hydrogens (tertiary/aromatic N) is 2. The van der Waals surface area contributed by atoms with Gasteiger partial charge in [0.05, 0.1) is 10.7 Å². The molecule has 5 nitrogen and oxygen atoms in total. The summed E-state index contributed by atoms with van der Waals surface area (Å²) < 4.78 is 14.2. The van der Waals surface area contributed by atoms with Crippen LogP contribution in [0.15, 0.2) is 79.0 Å². The number of amides is 1. The molecule has 5 rings (SSSR count).